The summed E-state index contributed by atoms with van der Waals surface area (Å²) in [4.78, 5) is 5.24. The fourth-order valence-corrected chi connectivity index (χ4v) is 2.81. The number of piperidine rings is 1. The number of rotatable bonds is 8. The van der Waals surface area contributed by atoms with Crippen LogP contribution in [0.25, 0.3) is 0 Å². The smallest absolute Gasteiger partial charge is 0.0110 e. The third-order valence-corrected chi connectivity index (χ3v) is 4.07. The number of nitrogens with one attached hydrogen (secondary N) is 1. The summed E-state index contributed by atoms with van der Waals surface area (Å²) in [6, 6.07) is 0.831. The number of likely N-dealkylation sites (tertiary alicyclic amines) is 1. The van der Waals surface area contributed by atoms with Crippen molar-refractivity contribution in [2.45, 2.75) is 45.6 Å². The highest BCUT2D eigenvalue weighted by Gasteiger charge is 2.21. The molecule has 1 N–H and O–H groups in total. The molecular formula is C14H31N3. The molecule has 3 heteroatoms. The molecule has 0 spiro atoms. The first-order valence-corrected chi connectivity index (χ1v) is 7.42. The van der Waals surface area contributed by atoms with E-state index in [2.05, 4.69) is 36.0 Å². The molecule has 1 unspecified atom stereocenters. The predicted molar refractivity (Wildman–Crippen MR) is 75.5 cm³/mol. The van der Waals surface area contributed by atoms with Gasteiger partial charge in [0.1, 0.15) is 0 Å². The molecular weight excluding hydrogens is 210 g/mol. The quantitative estimate of drug-likeness (QED) is 0.699. The van der Waals surface area contributed by atoms with Crippen LogP contribution >= 0.6 is 0 Å². The van der Waals surface area contributed by atoms with Crippen LogP contribution in [0, 0.1) is 0 Å². The van der Waals surface area contributed by atoms with E-state index >= 15 is 0 Å². The van der Waals surface area contributed by atoms with E-state index in [0.717, 1.165) is 12.6 Å². The zero-order valence-corrected chi connectivity index (χ0v) is 12.0. The molecule has 102 valence electrons. The molecule has 0 aromatic rings. The minimum Gasteiger partial charge on any atom is -0.318 e. The summed E-state index contributed by atoms with van der Waals surface area (Å²) in [5.74, 6) is 0. The zero-order valence-electron chi connectivity index (χ0n) is 12.0. The Morgan fingerprint density at radius 1 is 1.24 bits per heavy atom. The van der Waals surface area contributed by atoms with Crippen molar-refractivity contribution in [1.82, 2.24) is 15.1 Å². The summed E-state index contributed by atoms with van der Waals surface area (Å²) >= 11 is 0. The lowest BCUT2D eigenvalue weighted by atomic mass is 9.99. The van der Waals surface area contributed by atoms with E-state index in [9.17, 15) is 0 Å². The monoisotopic (exact) mass is 241 g/mol. The minimum absolute atomic E-state index is 0.831. The molecule has 1 aliphatic rings. The lowest BCUT2D eigenvalue weighted by Gasteiger charge is -2.36. The molecule has 1 rings (SSSR count). The van der Waals surface area contributed by atoms with Gasteiger partial charge in [0.05, 0.1) is 0 Å². The molecule has 0 aromatic heterocycles. The van der Waals surface area contributed by atoms with Gasteiger partial charge in [0.25, 0.3) is 0 Å². The maximum absolute atomic E-state index is 3.27. The summed E-state index contributed by atoms with van der Waals surface area (Å²) in [5, 5.41) is 3.27. The van der Waals surface area contributed by atoms with E-state index < -0.39 is 0 Å². The molecule has 0 aromatic carbocycles. The van der Waals surface area contributed by atoms with Gasteiger partial charge < -0.3 is 10.2 Å². The van der Waals surface area contributed by atoms with E-state index in [1.165, 1.54) is 58.4 Å². The number of hydrogen-bond acceptors (Lipinski definition) is 3. The summed E-state index contributed by atoms with van der Waals surface area (Å²) in [5.41, 5.74) is 0. The lowest BCUT2D eigenvalue weighted by Crippen LogP contribution is -2.44. The zero-order chi connectivity index (χ0) is 12.5. The molecule has 0 aliphatic carbocycles. The van der Waals surface area contributed by atoms with Crippen LogP contribution < -0.4 is 5.32 Å². The third kappa shape index (κ3) is 5.36. The maximum Gasteiger partial charge on any atom is 0.0110 e. The van der Waals surface area contributed by atoms with Gasteiger partial charge in [-0.25, -0.2) is 0 Å². The second kappa shape index (κ2) is 8.90. The fourth-order valence-electron chi connectivity index (χ4n) is 2.81. The summed E-state index contributed by atoms with van der Waals surface area (Å²) in [7, 11) is 2.05. The normalized spacial score (nSPS) is 22.2. The standard InChI is InChI=1S/C14H31N3/c1-4-16(5-2)12-9-14-8-6-7-11-17(14)13-10-15-3/h14-15H,4-13H2,1-3H3. The highest BCUT2D eigenvalue weighted by atomic mass is 15.2. The van der Waals surface area contributed by atoms with E-state index in [4.69, 9.17) is 0 Å². The van der Waals surface area contributed by atoms with Gasteiger partial charge in [-0.15, -0.1) is 0 Å². The van der Waals surface area contributed by atoms with Gasteiger partial charge in [0, 0.05) is 19.1 Å². The third-order valence-electron chi connectivity index (χ3n) is 4.07. The number of hydrogen-bond donors (Lipinski definition) is 1. The molecule has 1 atom stereocenters. The summed E-state index contributed by atoms with van der Waals surface area (Å²) in [6.07, 6.45) is 5.58. The highest BCUT2D eigenvalue weighted by molar-refractivity contribution is 4.78. The van der Waals surface area contributed by atoms with E-state index in [0.29, 0.717) is 0 Å². The van der Waals surface area contributed by atoms with Crippen molar-refractivity contribution < 1.29 is 0 Å². The first-order valence-electron chi connectivity index (χ1n) is 7.42. The largest absolute Gasteiger partial charge is 0.318 e. The maximum atomic E-state index is 3.27. The predicted octanol–water partition coefficient (Wildman–Crippen LogP) is 1.79. The summed E-state index contributed by atoms with van der Waals surface area (Å²) < 4.78 is 0. The van der Waals surface area contributed by atoms with Crippen molar-refractivity contribution in [1.29, 1.82) is 0 Å². The van der Waals surface area contributed by atoms with Crippen molar-refractivity contribution in [3.8, 4) is 0 Å². The van der Waals surface area contributed by atoms with Gasteiger partial charge in [-0.1, -0.05) is 20.3 Å². The van der Waals surface area contributed by atoms with Gasteiger partial charge in [-0.05, 0) is 52.5 Å². The van der Waals surface area contributed by atoms with Crippen LogP contribution in [0.4, 0.5) is 0 Å². The SMILES string of the molecule is CCN(CC)CCC1CCCCN1CCNC. The molecule has 1 saturated heterocycles. The van der Waals surface area contributed by atoms with Gasteiger partial charge in [-0.2, -0.15) is 0 Å². The van der Waals surface area contributed by atoms with Crippen LogP contribution in [0.1, 0.15) is 39.5 Å². The molecule has 0 bridgehead atoms. The highest BCUT2D eigenvalue weighted by Crippen LogP contribution is 2.19. The van der Waals surface area contributed by atoms with Gasteiger partial charge in [-0.3, -0.25) is 4.90 Å². The van der Waals surface area contributed by atoms with E-state index in [-0.39, 0.29) is 0 Å². The van der Waals surface area contributed by atoms with E-state index in [1.807, 2.05) is 0 Å². The number of nitrogens with zero attached hydrogens (tertiary/aromatic N) is 2. The van der Waals surface area contributed by atoms with Crippen LogP contribution in [0.3, 0.4) is 0 Å². The van der Waals surface area contributed by atoms with Crippen molar-refractivity contribution in [3.63, 3.8) is 0 Å². The minimum atomic E-state index is 0.831. The van der Waals surface area contributed by atoms with Crippen molar-refractivity contribution >= 4 is 0 Å². The van der Waals surface area contributed by atoms with Crippen LogP contribution in [0.15, 0.2) is 0 Å². The molecule has 1 fully saturated rings. The summed E-state index contributed by atoms with van der Waals surface area (Å²) in [6.45, 7) is 11.9. The Bertz CT molecular complexity index is 180. The Balaban J connectivity index is 2.31. The Morgan fingerprint density at radius 2 is 2.00 bits per heavy atom. The van der Waals surface area contributed by atoms with Crippen LogP contribution in [-0.2, 0) is 0 Å². The van der Waals surface area contributed by atoms with Crippen molar-refractivity contribution in [2.75, 3.05) is 46.3 Å². The molecule has 0 saturated carbocycles. The first-order chi connectivity index (χ1) is 8.31. The van der Waals surface area contributed by atoms with Crippen LogP contribution in [0.2, 0.25) is 0 Å². The Labute approximate surface area is 108 Å². The first kappa shape index (κ1) is 14.9. The Hall–Kier alpha value is -0.120. The second-order valence-electron chi connectivity index (χ2n) is 5.10. The van der Waals surface area contributed by atoms with Crippen LogP contribution in [-0.4, -0.2) is 62.2 Å². The van der Waals surface area contributed by atoms with Crippen molar-refractivity contribution in [2.24, 2.45) is 0 Å². The molecule has 0 amide bonds. The Kier molecular flexibility index (Phi) is 7.82. The number of likely N-dealkylation sites (N-methyl/N-ethyl adjacent to an activating group) is 1. The van der Waals surface area contributed by atoms with Gasteiger partial charge in [0.15, 0.2) is 0 Å². The average molecular weight is 241 g/mol. The van der Waals surface area contributed by atoms with Gasteiger partial charge in [0.2, 0.25) is 0 Å². The average Bonchev–Trinajstić information content (AvgIpc) is 2.38. The molecule has 3 nitrogen and oxygen atoms in total. The molecule has 1 aliphatic heterocycles. The Morgan fingerprint density at radius 3 is 2.65 bits per heavy atom. The molecule has 17 heavy (non-hydrogen) atoms. The van der Waals surface area contributed by atoms with Crippen molar-refractivity contribution in [3.05, 3.63) is 0 Å². The van der Waals surface area contributed by atoms with E-state index in [1.54, 1.807) is 0 Å². The molecule has 0 radical (unpaired) electrons. The topological polar surface area (TPSA) is 18.5 Å². The van der Waals surface area contributed by atoms with Crippen LogP contribution in [0.5, 0.6) is 0 Å². The lowest BCUT2D eigenvalue weighted by molar-refractivity contribution is 0.128. The molecule has 1 heterocycles. The van der Waals surface area contributed by atoms with Gasteiger partial charge >= 0.3 is 0 Å². The fraction of sp³-hybridized carbons (Fsp3) is 1.00. The second-order valence-corrected chi connectivity index (χ2v) is 5.10.